The molecule has 2 unspecified atom stereocenters. The zero-order valence-electron chi connectivity index (χ0n) is 25.8. The van der Waals surface area contributed by atoms with Crippen LogP contribution in [0.5, 0.6) is 0 Å². The molecule has 3 aromatic carbocycles. The highest BCUT2D eigenvalue weighted by Gasteiger charge is 2.41. The zero-order chi connectivity index (χ0) is 31.1. The van der Waals surface area contributed by atoms with E-state index in [1.165, 1.54) is 39.2 Å². The Kier molecular flexibility index (Phi) is 9.19. The van der Waals surface area contributed by atoms with Gasteiger partial charge in [0, 0.05) is 32.2 Å². The summed E-state index contributed by atoms with van der Waals surface area (Å²) in [5, 5.41) is 0. The van der Waals surface area contributed by atoms with Crippen LogP contribution in [0.3, 0.4) is 0 Å². The van der Waals surface area contributed by atoms with Gasteiger partial charge in [0.25, 0.3) is 0 Å². The fourth-order valence-corrected chi connectivity index (χ4v) is 7.38. The van der Waals surface area contributed by atoms with E-state index in [0.29, 0.717) is 26.0 Å². The molecule has 0 aliphatic heterocycles. The first-order valence-corrected chi connectivity index (χ1v) is 17.5. The number of thiol groups is 1. The van der Waals surface area contributed by atoms with Gasteiger partial charge in [0.1, 0.15) is 12.2 Å². The van der Waals surface area contributed by atoms with Gasteiger partial charge < -0.3 is 9.47 Å². The van der Waals surface area contributed by atoms with E-state index >= 15 is 0 Å². The van der Waals surface area contributed by atoms with E-state index in [0.717, 1.165) is 27.8 Å². The third-order valence-electron chi connectivity index (χ3n) is 8.75. The highest BCUT2D eigenvalue weighted by Crippen LogP contribution is 2.55. The van der Waals surface area contributed by atoms with E-state index in [2.05, 4.69) is 74.0 Å². The van der Waals surface area contributed by atoms with Gasteiger partial charge in [-0.3, -0.25) is 0 Å². The Morgan fingerprint density at radius 2 is 1.40 bits per heavy atom. The second kappa shape index (κ2) is 12.4. The molecule has 2 aliphatic rings. The van der Waals surface area contributed by atoms with Crippen molar-refractivity contribution in [3.8, 4) is 22.3 Å². The first-order valence-electron chi connectivity index (χ1n) is 14.7. The molecule has 43 heavy (non-hydrogen) atoms. The molecule has 232 valence electrons. The standard InChI is InChI=1S/C33H42N2O6S2/c1-21-9-11-23-25-20-30-26(24-12-10-22(2)18-29(24)33(30,3)4)19-28(25)32(40-14-7-13-35(6)42(36)37)31(27(23)17-21)41-15-8-16-43(38,39)34-5/h9-12,17-20,31-32,34,42H,7-8,13-16H2,1-6H3. The third kappa shape index (κ3) is 6.32. The van der Waals surface area contributed by atoms with Gasteiger partial charge >= 0.3 is 0 Å². The van der Waals surface area contributed by atoms with Crippen molar-refractivity contribution in [2.45, 2.75) is 58.2 Å². The molecular formula is C33H42N2O6S2. The average molecular weight is 627 g/mol. The number of nitrogens with zero attached hydrogens (tertiary/aromatic N) is 1. The Bertz CT molecular complexity index is 1710. The van der Waals surface area contributed by atoms with Crippen LogP contribution in [0.1, 0.15) is 72.3 Å². The smallest absolute Gasteiger partial charge is 0.211 e. The second-order valence-corrected chi connectivity index (χ2v) is 15.4. The van der Waals surface area contributed by atoms with Crippen LogP contribution in [0, 0.1) is 13.8 Å². The lowest BCUT2D eigenvalue weighted by molar-refractivity contribution is -0.0798. The van der Waals surface area contributed by atoms with Gasteiger partial charge in [-0.2, -0.15) is 0 Å². The van der Waals surface area contributed by atoms with E-state index in [-0.39, 0.29) is 17.8 Å². The molecule has 0 amide bonds. The van der Waals surface area contributed by atoms with Gasteiger partial charge in [-0.25, -0.2) is 25.9 Å². The highest BCUT2D eigenvalue weighted by atomic mass is 32.2. The molecule has 0 heterocycles. The Hall–Kier alpha value is -2.60. The van der Waals surface area contributed by atoms with Gasteiger partial charge in [-0.05, 0) is 90.4 Å². The summed E-state index contributed by atoms with van der Waals surface area (Å²) in [7, 11) is -3.03. The maximum Gasteiger partial charge on any atom is 0.211 e. The number of hydrogen-bond acceptors (Lipinski definition) is 6. The summed E-state index contributed by atoms with van der Waals surface area (Å²) in [6.07, 6.45) is -0.0511. The molecule has 0 bridgehead atoms. The molecule has 0 spiro atoms. The fraction of sp³-hybridized carbons (Fsp3) is 0.455. The second-order valence-electron chi connectivity index (χ2n) is 12.2. The number of rotatable bonds is 12. The van der Waals surface area contributed by atoms with Gasteiger partial charge in [0.2, 0.25) is 20.9 Å². The molecule has 0 saturated heterocycles. The van der Waals surface area contributed by atoms with Crippen LogP contribution < -0.4 is 4.72 Å². The number of sulfonamides is 1. The van der Waals surface area contributed by atoms with E-state index in [4.69, 9.17) is 9.47 Å². The third-order valence-corrected chi connectivity index (χ3v) is 11.0. The summed E-state index contributed by atoms with van der Waals surface area (Å²) < 4.78 is 63.6. The molecule has 0 fully saturated rings. The molecule has 0 saturated carbocycles. The minimum Gasteiger partial charge on any atom is -0.370 e. The van der Waals surface area contributed by atoms with Crippen LogP contribution in [0.15, 0.2) is 48.5 Å². The molecule has 2 atom stereocenters. The molecule has 2 aliphatic carbocycles. The van der Waals surface area contributed by atoms with Gasteiger partial charge in [0.15, 0.2) is 0 Å². The topological polar surface area (TPSA) is 102 Å². The van der Waals surface area contributed by atoms with Crippen molar-refractivity contribution in [3.63, 3.8) is 0 Å². The van der Waals surface area contributed by atoms with E-state index in [9.17, 15) is 16.8 Å². The molecule has 10 heteroatoms. The van der Waals surface area contributed by atoms with Crippen molar-refractivity contribution < 1.29 is 26.3 Å². The number of ether oxygens (including phenoxy) is 2. The molecule has 3 aromatic rings. The lowest BCUT2D eigenvalue weighted by atomic mass is 9.76. The van der Waals surface area contributed by atoms with Crippen LogP contribution in [-0.4, -0.2) is 60.7 Å². The average Bonchev–Trinajstić information content (AvgIpc) is 3.17. The van der Waals surface area contributed by atoms with Crippen molar-refractivity contribution in [2.75, 3.05) is 39.6 Å². The summed E-state index contributed by atoms with van der Waals surface area (Å²) in [6, 6.07) is 17.6. The van der Waals surface area contributed by atoms with Crippen molar-refractivity contribution >= 4 is 20.9 Å². The van der Waals surface area contributed by atoms with Crippen LogP contribution >= 0.6 is 0 Å². The molecule has 1 N–H and O–H groups in total. The minimum absolute atomic E-state index is 0.0303. The summed E-state index contributed by atoms with van der Waals surface area (Å²) in [6.45, 7) is 9.66. The predicted molar refractivity (Wildman–Crippen MR) is 171 cm³/mol. The van der Waals surface area contributed by atoms with Gasteiger partial charge in [0.05, 0.1) is 5.75 Å². The summed E-state index contributed by atoms with van der Waals surface area (Å²) in [5.41, 5.74) is 11.4. The highest BCUT2D eigenvalue weighted by molar-refractivity contribution is 7.89. The Labute approximate surface area is 257 Å². The normalized spacial score (nSPS) is 18.4. The lowest BCUT2D eigenvalue weighted by Gasteiger charge is -2.36. The van der Waals surface area contributed by atoms with Crippen molar-refractivity contribution in [1.29, 1.82) is 0 Å². The molecule has 0 aromatic heterocycles. The fourth-order valence-electron chi connectivity index (χ4n) is 6.37. The SMILES string of the molecule is CNS(=O)(=O)CCCOC1c2cc(C)ccc2-c2cc3c(cc2C1OCCCN(C)[SH](=O)=O)-c1ccc(C)cc1C3(C)C. The van der Waals surface area contributed by atoms with Crippen molar-refractivity contribution in [1.82, 2.24) is 9.03 Å². The first kappa shape index (κ1) is 31.8. The van der Waals surface area contributed by atoms with Gasteiger partial charge in [-0.15, -0.1) is 0 Å². The lowest BCUT2D eigenvalue weighted by Crippen LogP contribution is -2.27. The molecular weight excluding hydrogens is 585 g/mol. The number of aryl methyl sites for hydroxylation is 2. The Balaban J connectivity index is 1.58. The summed E-state index contributed by atoms with van der Waals surface area (Å²) >= 11 is 0. The number of nitrogens with one attached hydrogen (secondary N) is 1. The van der Waals surface area contributed by atoms with Crippen molar-refractivity contribution in [2.24, 2.45) is 0 Å². The predicted octanol–water partition coefficient (Wildman–Crippen LogP) is 5.19. The van der Waals surface area contributed by atoms with Crippen LogP contribution in [-0.2, 0) is 35.8 Å². The quantitative estimate of drug-likeness (QED) is 0.212. The minimum atomic E-state index is -3.35. The van der Waals surface area contributed by atoms with Gasteiger partial charge in [-0.1, -0.05) is 61.4 Å². The van der Waals surface area contributed by atoms with E-state index < -0.39 is 33.1 Å². The largest absolute Gasteiger partial charge is 0.370 e. The van der Waals surface area contributed by atoms with Crippen LogP contribution in [0.4, 0.5) is 0 Å². The zero-order valence-corrected chi connectivity index (χ0v) is 27.5. The molecule has 0 radical (unpaired) electrons. The monoisotopic (exact) mass is 626 g/mol. The van der Waals surface area contributed by atoms with Crippen LogP contribution in [0.2, 0.25) is 0 Å². The summed E-state index contributed by atoms with van der Waals surface area (Å²) in [4.78, 5) is 0. The number of fused-ring (bicyclic) bond motifs is 6. The molecule has 5 rings (SSSR count). The Morgan fingerprint density at radius 1 is 0.814 bits per heavy atom. The number of benzene rings is 3. The number of hydrogen-bond donors (Lipinski definition) is 2. The first-order chi connectivity index (χ1) is 20.3. The van der Waals surface area contributed by atoms with E-state index in [1.807, 2.05) is 6.92 Å². The van der Waals surface area contributed by atoms with E-state index in [1.54, 1.807) is 7.05 Å². The van der Waals surface area contributed by atoms with Crippen LogP contribution in [0.25, 0.3) is 22.3 Å². The maximum absolute atomic E-state index is 12.0. The molecule has 8 nitrogen and oxygen atoms in total. The maximum atomic E-state index is 12.0. The van der Waals surface area contributed by atoms with Crippen molar-refractivity contribution in [3.05, 3.63) is 81.9 Å². The summed E-state index contributed by atoms with van der Waals surface area (Å²) in [5.74, 6) is -0.0303. The Morgan fingerprint density at radius 3 is 2.05 bits per heavy atom.